The van der Waals surface area contributed by atoms with Gasteiger partial charge in [0.05, 0.1) is 21.9 Å². The number of nitrogens with one attached hydrogen (secondary N) is 2. The monoisotopic (exact) mass is 438 g/mol. The summed E-state index contributed by atoms with van der Waals surface area (Å²) in [6.07, 6.45) is 1.67. The predicted molar refractivity (Wildman–Crippen MR) is 119 cm³/mol. The molecule has 0 bridgehead atoms. The fourth-order valence-corrected chi connectivity index (χ4v) is 4.54. The molecule has 5 rings (SSSR count). The highest BCUT2D eigenvalue weighted by molar-refractivity contribution is 6.50. The van der Waals surface area contributed by atoms with Crippen molar-refractivity contribution in [3.05, 3.63) is 64.6 Å². The zero-order chi connectivity index (χ0) is 21.7. The van der Waals surface area contributed by atoms with Crippen LogP contribution in [-0.2, 0) is 9.59 Å². The summed E-state index contributed by atoms with van der Waals surface area (Å²) in [6, 6.07) is 10.3. The molecule has 1 saturated heterocycles. The van der Waals surface area contributed by atoms with Crippen molar-refractivity contribution in [2.75, 3.05) is 38.1 Å². The number of H-pyrrole nitrogens is 1. The van der Waals surface area contributed by atoms with E-state index in [-0.39, 0.29) is 21.7 Å². The minimum atomic E-state index is -0.639. The molecule has 0 radical (unpaired) electrons. The lowest BCUT2D eigenvalue weighted by atomic mass is 9.95. The number of piperazine rings is 1. The Balaban J connectivity index is 1.69. The first-order valence-electron chi connectivity index (χ1n) is 10.0. The summed E-state index contributed by atoms with van der Waals surface area (Å²) >= 11 is 6.37. The lowest BCUT2D eigenvalue weighted by molar-refractivity contribution is -0.122. The van der Waals surface area contributed by atoms with Gasteiger partial charge in [-0.3, -0.25) is 14.9 Å². The molecule has 1 aromatic heterocycles. The Hall–Kier alpha value is -3.16. The summed E-state index contributed by atoms with van der Waals surface area (Å²) in [7, 11) is 2.04. The number of hydrogen-bond donors (Lipinski definition) is 2. The first-order chi connectivity index (χ1) is 14.9. The van der Waals surface area contributed by atoms with E-state index in [0.29, 0.717) is 11.3 Å². The number of benzene rings is 2. The maximum Gasteiger partial charge on any atom is 0.259 e. The van der Waals surface area contributed by atoms with E-state index < -0.39 is 17.6 Å². The smallest absolute Gasteiger partial charge is 0.259 e. The molecule has 0 aliphatic carbocycles. The number of rotatable bonds is 3. The number of aromatic amines is 1. The normalized spacial score (nSPS) is 17.7. The fraction of sp³-hybridized carbons (Fsp3) is 0.217. The van der Waals surface area contributed by atoms with E-state index in [1.165, 1.54) is 6.07 Å². The summed E-state index contributed by atoms with van der Waals surface area (Å²) in [6.45, 7) is 3.18. The van der Waals surface area contributed by atoms with Crippen LogP contribution >= 0.6 is 11.6 Å². The summed E-state index contributed by atoms with van der Waals surface area (Å²) in [5.41, 5.74) is 2.30. The summed E-state index contributed by atoms with van der Waals surface area (Å²) in [4.78, 5) is 32.9. The van der Waals surface area contributed by atoms with Crippen LogP contribution in [0.2, 0.25) is 5.02 Å². The molecule has 2 aromatic carbocycles. The van der Waals surface area contributed by atoms with E-state index in [1.54, 1.807) is 12.3 Å². The standard InChI is InChI=1S/C23H20ClFN4O2/c1-28-6-8-29(9-7-28)19-10-14(17(25)11-16(19)24)20-21(23(31)27-22(20)30)15-12-26-18-5-3-2-4-13(15)18/h2-5,10-12,26H,6-9H2,1H3,(H,27,30,31). The molecular weight excluding hydrogens is 419 g/mol. The Morgan fingerprint density at radius 1 is 0.968 bits per heavy atom. The molecule has 0 spiro atoms. The van der Waals surface area contributed by atoms with Gasteiger partial charge in [-0.1, -0.05) is 29.8 Å². The second kappa shape index (κ2) is 7.51. The highest BCUT2D eigenvalue weighted by Gasteiger charge is 2.35. The first-order valence-corrected chi connectivity index (χ1v) is 10.4. The third-order valence-corrected chi connectivity index (χ3v) is 6.24. The SMILES string of the molecule is CN1CCN(c2cc(C3=C(c4c[nH]c5ccccc45)C(=O)NC3=O)c(F)cc2Cl)CC1. The molecule has 3 aromatic rings. The van der Waals surface area contributed by atoms with E-state index >= 15 is 4.39 Å². The first kappa shape index (κ1) is 19.8. The summed E-state index contributed by atoms with van der Waals surface area (Å²) < 4.78 is 15.1. The number of anilines is 1. The van der Waals surface area contributed by atoms with Crippen LogP contribution in [0.5, 0.6) is 0 Å². The number of nitrogens with zero attached hydrogens (tertiary/aromatic N) is 2. The highest BCUT2D eigenvalue weighted by Crippen LogP contribution is 2.39. The molecule has 2 N–H and O–H groups in total. The van der Waals surface area contributed by atoms with Gasteiger partial charge in [-0.15, -0.1) is 0 Å². The molecule has 2 aliphatic heterocycles. The Kier molecular flexibility index (Phi) is 4.79. The highest BCUT2D eigenvalue weighted by atomic mass is 35.5. The number of carbonyl (C=O) groups excluding carboxylic acids is 2. The molecule has 3 heterocycles. The van der Waals surface area contributed by atoms with Crippen LogP contribution < -0.4 is 10.2 Å². The number of aromatic nitrogens is 1. The average Bonchev–Trinajstić information content (AvgIpc) is 3.29. The van der Waals surface area contributed by atoms with Gasteiger partial charge in [0, 0.05) is 54.4 Å². The van der Waals surface area contributed by atoms with Crippen LogP contribution in [0.15, 0.2) is 42.6 Å². The third-order valence-electron chi connectivity index (χ3n) is 5.94. The Bertz CT molecular complexity index is 1260. The van der Waals surface area contributed by atoms with Gasteiger partial charge in [0.1, 0.15) is 5.82 Å². The molecule has 0 unspecified atom stereocenters. The Morgan fingerprint density at radius 2 is 1.65 bits per heavy atom. The maximum atomic E-state index is 15.1. The maximum absolute atomic E-state index is 15.1. The van der Waals surface area contributed by atoms with Crippen molar-refractivity contribution in [1.29, 1.82) is 0 Å². The number of fused-ring (bicyclic) bond motifs is 1. The lowest BCUT2D eigenvalue weighted by Gasteiger charge is -2.34. The second-order valence-electron chi connectivity index (χ2n) is 7.85. The summed E-state index contributed by atoms with van der Waals surface area (Å²) in [5, 5.41) is 3.40. The number of likely N-dealkylation sites (N-methyl/N-ethyl adjacent to an activating group) is 1. The van der Waals surface area contributed by atoms with Gasteiger partial charge in [-0.05, 0) is 25.2 Å². The van der Waals surface area contributed by atoms with Crippen LogP contribution in [0.3, 0.4) is 0 Å². The predicted octanol–water partition coefficient (Wildman–Crippen LogP) is 3.28. The molecule has 2 aliphatic rings. The molecule has 6 nitrogen and oxygen atoms in total. The van der Waals surface area contributed by atoms with Crippen molar-refractivity contribution >= 4 is 51.2 Å². The largest absolute Gasteiger partial charge is 0.368 e. The molecule has 0 saturated carbocycles. The van der Waals surface area contributed by atoms with Crippen molar-refractivity contribution in [1.82, 2.24) is 15.2 Å². The van der Waals surface area contributed by atoms with Crippen LogP contribution in [0.25, 0.3) is 22.0 Å². The van der Waals surface area contributed by atoms with Crippen LogP contribution in [0.1, 0.15) is 11.1 Å². The molecule has 2 amide bonds. The molecule has 1 fully saturated rings. The van der Waals surface area contributed by atoms with Crippen LogP contribution in [0, 0.1) is 5.82 Å². The zero-order valence-corrected chi connectivity index (χ0v) is 17.6. The summed E-state index contributed by atoms with van der Waals surface area (Å²) in [5.74, 6) is -1.80. The van der Waals surface area contributed by atoms with Gasteiger partial charge in [0.25, 0.3) is 11.8 Å². The van der Waals surface area contributed by atoms with Gasteiger partial charge in [-0.2, -0.15) is 0 Å². The fourth-order valence-electron chi connectivity index (χ4n) is 4.27. The van der Waals surface area contributed by atoms with E-state index in [9.17, 15) is 9.59 Å². The quantitative estimate of drug-likeness (QED) is 0.616. The number of hydrogen-bond acceptors (Lipinski definition) is 4. The van der Waals surface area contributed by atoms with Crippen molar-refractivity contribution in [3.8, 4) is 0 Å². The molecule has 8 heteroatoms. The van der Waals surface area contributed by atoms with E-state index in [1.807, 2.05) is 31.3 Å². The lowest BCUT2D eigenvalue weighted by Crippen LogP contribution is -2.44. The molecule has 31 heavy (non-hydrogen) atoms. The van der Waals surface area contributed by atoms with Crippen molar-refractivity contribution in [2.45, 2.75) is 0 Å². The number of carbonyl (C=O) groups is 2. The number of amides is 2. The van der Waals surface area contributed by atoms with Crippen molar-refractivity contribution in [2.24, 2.45) is 0 Å². The van der Waals surface area contributed by atoms with Gasteiger partial charge >= 0.3 is 0 Å². The number of halogens is 2. The van der Waals surface area contributed by atoms with Gasteiger partial charge in [0.15, 0.2) is 0 Å². The molecule has 158 valence electrons. The van der Waals surface area contributed by atoms with Crippen molar-refractivity contribution < 1.29 is 14.0 Å². The third kappa shape index (κ3) is 3.30. The van der Waals surface area contributed by atoms with Gasteiger partial charge in [0.2, 0.25) is 0 Å². The second-order valence-corrected chi connectivity index (χ2v) is 8.26. The minimum absolute atomic E-state index is 0.0271. The minimum Gasteiger partial charge on any atom is -0.368 e. The van der Waals surface area contributed by atoms with E-state index in [2.05, 4.69) is 20.1 Å². The Morgan fingerprint density at radius 3 is 2.39 bits per heavy atom. The van der Waals surface area contributed by atoms with Crippen molar-refractivity contribution in [3.63, 3.8) is 0 Å². The molecular formula is C23H20ClFN4O2. The van der Waals surface area contributed by atoms with Gasteiger partial charge in [-0.25, -0.2) is 4.39 Å². The van der Waals surface area contributed by atoms with E-state index in [0.717, 1.165) is 37.1 Å². The van der Waals surface area contributed by atoms with Gasteiger partial charge < -0.3 is 14.8 Å². The zero-order valence-electron chi connectivity index (χ0n) is 16.8. The Labute approximate surface area is 183 Å². The van der Waals surface area contributed by atoms with Crippen LogP contribution in [-0.4, -0.2) is 54.9 Å². The van der Waals surface area contributed by atoms with E-state index in [4.69, 9.17) is 11.6 Å². The average molecular weight is 439 g/mol. The topological polar surface area (TPSA) is 68.4 Å². The number of imide groups is 1. The molecule has 0 atom stereocenters. The number of para-hydroxylation sites is 1. The van der Waals surface area contributed by atoms with Crippen LogP contribution in [0.4, 0.5) is 10.1 Å².